The summed E-state index contributed by atoms with van der Waals surface area (Å²) in [7, 11) is 4.28. The van der Waals surface area contributed by atoms with Crippen LogP contribution in [0.4, 0.5) is 5.69 Å². The van der Waals surface area contributed by atoms with Gasteiger partial charge in [-0.05, 0) is 58.1 Å². The van der Waals surface area contributed by atoms with Crippen molar-refractivity contribution in [1.29, 1.82) is 0 Å². The molecule has 21 heavy (non-hydrogen) atoms. The third kappa shape index (κ3) is 4.12. The van der Waals surface area contributed by atoms with E-state index >= 15 is 0 Å². The molecule has 4 heteroatoms. The molecule has 0 radical (unpaired) electrons. The van der Waals surface area contributed by atoms with E-state index in [-0.39, 0.29) is 0 Å². The van der Waals surface area contributed by atoms with Gasteiger partial charge < -0.3 is 15.1 Å². The molecule has 0 aromatic heterocycles. The van der Waals surface area contributed by atoms with Crippen molar-refractivity contribution in [3.63, 3.8) is 0 Å². The fourth-order valence-corrected chi connectivity index (χ4v) is 3.51. The predicted octanol–water partition coefficient (Wildman–Crippen LogP) is 3.54. The van der Waals surface area contributed by atoms with Crippen molar-refractivity contribution >= 4 is 17.3 Å². The number of anilines is 1. The maximum absolute atomic E-state index is 6.57. The molecule has 1 heterocycles. The highest BCUT2D eigenvalue weighted by Gasteiger charge is 2.26. The first-order valence-corrected chi connectivity index (χ1v) is 8.35. The van der Waals surface area contributed by atoms with Crippen molar-refractivity contribution in [1.82, 2.24) is 10.2 Å². The summed E-state index contributed by atoms with van der Waals surface area (Å²) in [6, 6.07) is 7.45. The average Bonchev–Trinajstić information content (AvgIpc) is 2.86. The van der Waals surface area contributed by atoms with E-state index in [0.717, 1.165) is 24.7 Å². The summed E-state index contributed by atoms with van der Waals surface area (Å²) in [6.07, 6.45) is 2.51. The number of likely N-dealkylation sites (N-methyl/N-ethyl adjacent to an activating group) is 1. The van der Waals surface area contributed by atoms with Gasteiger partial charge in [-0.1, -0.05) is 24.6 Å². The summed E-state index contributed by atoms with van der Waals surface area (Å²) in [5.41, 5.74) is 2.45. The molecule has 0 saturated carbocycles. The Balaban J connectivity index is 2.16. The van der Waals surface area contributed by atoms with E-state index in [4.69, 9.17) is 11.6 Å². The van der Waals surface area contributed by atoms with E-state index in [2.05, 4.69) is 61.3 Å². The van der Waals surface area contributed by atoms with E-state index in [9.17, 15) is 0 Å². The first-order chi connectivity index (χ1) is 10.0. The van der Waals surface area contributed by atoms with Gasteiger partial charge in [0.15, 0.2) is 0 Å². The minimum Gasteiger partial charge on any atom is -0.366 e. The Bertz CT molecular complexity index is 461. The SMILES string of the molecule is CCNC(C)c1ccc(N2CCCC2CN(C)C)c(Cl)c1. The molecule has 1 aromatic rings. The summed E-state index contributed by atoms with van der Waals surface area (Å²) in [5, 5.41) is 4.31. The van der Waals surface area contributed by atoms with Crippen molar-refractivity contribution in [2.45, 2.75) is 38.8 Å². The Hall–Kier alpha value is -0.770. The Morgan fingerprint density at radius 1 is 1.43 bits per heavy atom. The third-order valence-corrected chi connectivity index (χ3v) is 4.55. The summed E-state index contributed by atoms with van der Waals surface area (Å²) in [4.78, 5) is 4.74. The zero-order valence-corrected chi connectivity index (χ0v) is 14.5. The van der Waals surface area contributed by atoms with Gasteiger partial charge in [0.1, 0.15) is 0 Å². The van der Waals surface area contributed by atoms with Gasteiger partial charge in [0, 0.05) is 25.2 Å². The lowest BCUT2D eigenvalue weighted by atomic mass is 10.1. The van der Waals surface area contributed by atoms with Gasteiger partial charge in [0.2, 0.25) is 0 Å². The van der Waals surface area contributed by atoms with Gasteiger partial charge in [0.25, 0.3) is 0 Å². The minimum absolute atomic E-state index is 0.345. The number of hydrogen-bond donors (Lipinski definition) is 1. The second-order valence-corrected chi connectivity index (χ2v) is 6.65. The Morgan fingerprint density at radius 2 is 2.19 bits per heavy atom. The number of hydrogen-bond acceptors (Lipinski definition) is 3. The van der Waals surface area contributed by atoms with Crippen LogP contribution in [-0.2, 0) is 0 Å². The molecule has 1 fully saturated rings. The third-order valence-electron chi connectivity index (χ3n) is 4.24. The quantitative estimate of drug-likeness (QED) is 0.867. The van der Waals surface area contributed by atoms with Gasteiger partial charge in [0.05, 0.1) is 10.7 Å². The molecule has 0 spiro atoms. The lowest BCUT2D eigenvalue weighted by Crippen LogP contribution is -2.37. The zero-order valence-electron chi connectivity index (χ0n) is 13.7. The molecule has 1 saturated heterocycles. The zero-order chi connectivity index (χ0) is 15.4. The molecule has 0 aliphatic carbocycles. The number of benzene rings is 1. The predicted molar refractivity (Wildman–Crippen MR) is 92.5 cm³/mol. The standard InChI is InChI=1S/C17H28ClN3/c1-5-19-13(2)14-8-9-17(16(18)11-14)21-10-6-7-15(21)12-20(3)4/h8-9,11,13,15,19H,5-7,10,12H2,1-4H3. The molecule has 1 aliphatic heterocycles. The topological polar surface area (TPSA) is 18.5 Å². The summed E-state index contributed by atoms with van der Waals surface area (Å²) >= 11 is 6.57. The summed E-state index contributed by atoms with van der Waals surface area (Å²) < 4.78 is 0. The molecule has 1 aromatic carbocycles. The number of nitrogens with zero attached hydrogens (tertiary/aromatic N) is 2. The van der Waals surface area contributed by atoms with Crippen LogP contribution in [0.1, 0.15) is 38.3 Å². The first-order valence-electron chi connectivity index (χ1n) is 7.97. The lowest BCUT2D eigenvalue weighted by molar-refractivity contribution is 0.372. The molecular weight excluding hydrogens is 282 g/mol. The monoisotopic (exact) mass is 309 g/mol. The second kappa shape index (κ2) is 7.48. The molecule has 0 bridgehead atoms. The van der Waals surface area contributed by atoms with Crippen LogP contribution in [0.5, 0.6) is 0 Å². The molecule has 2 unspecified atom stereocenters. The molecule has 1 N–H and O–H groups in total. The number of halogens is 1. The minimum atomic E-state index is 0.345. The van der Waals surface area contributed by atoms with Gasteiger partial charge >= 0.3 is 0 Å². The van der Waals surface area contributed by atoms with E-state index < -0.39 is 0 Å². The van der Waals surface area contributed by atoms with Crippen LogP contribution in [0.15, 0.2) is 18.2 Å². The lowest BCUT2D eigenvalue weighted by Gasteiger charge is -2.30. The molecule has 2 atom stereocenters. The number of rotatable bonds is 6. The maximum atomic E-state index is 6.57. The summed E-state index contributed by atoms with van der Waals surface area (Å²) in [6.45, 7) is 7.48. The largest absolute Gasteiger partial charge is 0.366 e. The normalized spacial score (nSPS) is 20.3. The van der Waals surface area contributed by atoms with Crippen LogP contribution in [0.2, 0.25) is 5.02 Å². The molecule has 0 amide bonds. The van der Waals surface area contributed by atoms with Gasteiger partial charge in [-0.15, -0.1) is 0 Å². The Kier molecular flexibility index (Phi) is 5.91. The van der Waals surface area contributed by atoms with Crippen LogP contribution in [0, 0.1) is 0 Å². The Morgan fingerprint density at radius 3 is 2.81 bits per heavy atom. The fraction of sp³-hybridized carbons (Fsp3) is 0.647. The molecular formula is C17H28ClN3. The maximum Gasteiger partial charge on any atom is 0.0643 e. The smallest absolute Gasteiger partial charge is 0.0643 e. The fourth-order valence-electron chi connectivity index (χ4n) is 3.21. The number of nitrogens with one attached hydrogen (secondary N) is 1. The van der Waals surface area contributed by atoms with Crippen molar-refractivity contribution < 1.29 is 0 Å². The summed E-state index contributed by atoms with van der Waals surface area (Å²) in [5.74, 6) is 0. The van der Waals surface area contributed by atoms with Gasteiger partial charge in [-0.2, -0.15) is 0 Å². The van der Waals surface area contributed by atoms with Gasteiger partial charge in [-0.25, -0.2) is 0 Å². The van der Waals surface area contributed by atoms with Gasteiger partial charge in [-0.3, -0.25) is 0 Å². The highest BCUT2D eigenvalue weighted by atomic mass is 35.5. The Labute approximate surface area is 134 Å². The molecule has 118 valence electrons. The van der Waals surface area contributed by atoms with E-state index in [1.165, 1.54) is 24.1 Å². The molecule has 2 rings (SSSR count). The van der Waals surface area contributed by atoms with Crippen molar-refractivity contribution in [2.24, 2.45) is 0 Å². The first kappa shape index (κ1) is 16.6. The van der Waals surface area contributed by atoms with Crippen LogP contribution >= 0.6 is 11.6 Å². The van der Waals surface area contributed by atoms with Crippen molar-refractivity contribution in [2.75, 3.05) is 38.6 Å². The van der Waals surface area contributed by atoms with Crippen LogP contribution in [-0.4, -0.2) is 44.7 Å². The highest BCUT2D eigenvalue weighted by molar-refractivity contribution is 6.33. The average molecular weight is 310 g/mol. The second-order valence-electron chi connectivity index (χ2n) is 6.24. The van der Waals surface area contributed by atoms with Crippen LogP contribution < -0.4 is 10.2 Å². The highest BCUT2D eigenvalue weighted by Crippen LogP contribution is 2.33. The molecule has 1 aliphatic rings. The van der Waals surface area contributed by atoms with E-state index in [0.29, 0.717) is 12.1 Å². The van der Waals surface area contributed by atoms with E-state index in [1.807, 2.05) is 0 Å². The van der Waals surface area contributed by atoms with Crippen molar-refractivity contribution in [3.8, 4) is 0 Å². The molecule has 3 nitrogen and oxygen atoms in total. The van der Waals surface area contributed by atoms with Crippen LogP contribution in [0.25, 0.3) is 0 Å². The van der Waals surface area contributed by atoms with Crippen molar-refractivity contribution in [3.05, 3.63) is 28.8 Å². The van der Waals surface area contributed by atoms with E-state index in [1.54, 1.807) is 0 Å². The van der Waals surface area contributed by atoms with Crippen LogP contribution in [0.3, 0.4) is 0 Å².